The predicted octanol–water partition coefficient (Wildman–Crippen LogP) is 4.44. The van der Waals surface area contributed by atoms with E-state index in [4.69, 9.17) is 0 Å². The number of nitrogens with one attached hydrogen (secondary N) is 2. The lowest BCUT2D eigenvalue weighted by atomic mass is 9.93. The van der Waals surface area contributed by atoms with Gasteiger partial charge in [0.15, 0.2) is 0 Å². The van der Waals surface area contributed by atoms with Gasteiger partial charge in [-0.15, -0.1) is 0 Å². The van der Waals surface area contributed by atoms with E-state index in [0.29, 0.717) is 6.04 Å². The zero-order chi connectivity index (χ0) is 23.3. The van der Waals surface area contributed by atoms with Crippen molar-refractivity contribution in [3.63, 3.8) is 0 Å². The van der Waals surface area contributed by atoms with Gasteiger partial charge in [0.05, 0.1) is 17.0 Å². The molecular formula is C27H33N3O2S. The quantitative estimate of drug-likeness (QED) is 0.493. The summed E-state index contributed by atoms with van der Waals surface area (Å²) in [7, 11) is -1.57. The Morgan fingerprint density at radius 2 is 1.45 bits per heavy atom. The van der Waals surface area contributed by atoms with Gasteiger partial charge in [0.1, 0.15) is 0 Å². The molecule has 0 bridgehead atoms. The Labute approximate surface area is 197 Å². The van der Waals surface area contributed by atoms with Gasteiger partial charge in [-0.3, -0.25) is 0 Å². The Morgan fingerprint density at radius 1 is 0.879 bits per heavy atom. The number of nitrogens with zero attached hydrogens (tertiary/aromatic N) is 1. The molecule has 6 heteroatoms. The summed E-state index contributed by atoms with van der Waals surface area (Å²) in [6.45, 7) is 3.85. The van der Waals surface area contributed by atoms with Gasteiger partial charge >= 0.3 is 0 Å². The summed E-state index contributed by atoms with van der Waals surface area (Å²) >= 11 is 0. The lowest BCUT2D eigenvalue weighted by molar-refractivity contribution is 0.282. The van der Waals surface area contributed by atoms with E-state index in [2.05, 4.69) is 34.1 Å². The molecule has 2 N–H and O–H groups in total. The van der Waals surface area contributed by atoms with Gasteiger partial charge in [-0.25, -0.2) is 13.1 Å². The van der Waals surface area contributed by atoms with Crippen LogP contribution in [-0.2, 0) is 10.0 Å². The van der Waals surface area contributed by atoms with Crippen molar-refractivity contribution in [2.45, 2.75) is 42.8 Å². The van der Waals surface area contributed by atoms with Crippen molar-refractivity contribution in [2.75, 3.05) is 20.1 Å². The van der Waals surface area contributed by atoms with Crippen LogP contribution >= 0.6 is 0 Å². The lowest BCUT2D eigenvalue weighted by Gasteiger charge is -2.32. The highest BCUT2D eigenvalue weighted by atomic mass is 32.2. The van der Waals surface area contributed by atoms with Gasteiger partial charge in [-0.1, -0.05) is 78.4 Å². The Kier molecular flexibility index (Phi) is 7.60. The highest BCUT2D eigenvalue weighted by Crippen LogP contribution is 2.31. The molecule has 1 fully saturated rings. The Bertz CT molecular complexity index is 1120. The molecule has 3 aromatic carbocycles. The summed E-state index contributed by atoms with van der Waals surface area (Å²) in [4.78, 5) is 2.65. The van der Waals surface area contributed by atoms with Crippen LogP contribution in [-0.4, -0.2) is 39.5 Å². The third-order valence-electron chi connectivity index (χ3n) is 6.51. The summed E-state index contributed by atoms with van der Waals surface area (Å²) in [6, 6.07) is 26.7. The van der Waals surface area contributed by atoms with Crippen LogP contribution in [0.4, 0.5) is 0 Å². The minimum atomic E-state index is -3.73. The van der Waals surface area contributed by atoms with Crippen molar-refractivity contribution in [1.29, 1.82) is 0 Å². The molecule has 0 saturated carbocycles. The van der Waals surface area contributed by atoms with Crippen LogP contribution in [0.2, 0.25) is 0 Å². The second-order valence-electron chi connectivity index (χ2n) is 8.90. The van der Waals surface area contributed by atoms with Crippen molar-refractivity contribution in [3.05, 3.63) is 102 Å². The van der Waals surface area contributed by atoms with Crippen molar-refractivity contribution >= 4 is 10.0 Å². The fourth-order valence-electron chi connectivity index (χ4n) is 4.53. The number of likely N-dealkylation sites (tertiary alicyclic amines) is 1. The fourth-order valence-corrected chi connectivity index (χ4v) is 5.77. The van der Waals surface area contributed by atoms with Crippen LogP contribution in [0.15, 0.2) is 89.8 Å². The fraction of sp³-hybridized carbons (Fsp3) is 0.333. The van der Waals surface area contributed by atoms with Gasteiger partial charge in [0, 0.05) is 12.6 Å². The molecule has 1 heterocycles. The van der Waals surface area contributed by atoms with Crippen LogP contribution in [0.3, 0.4) is 0 Å². The summed E-state index contributed by atoms with van der Waals surface area (Å²) in [6.07, 6.45) is 2.34. The SMILES string of the molecule is Cc1ccc(S(=O)(=O)N[C@H](c2ccccc2)[C@H](NC[C@@H]2CCCN2C)c2ccccc2)cc1. The number of sulfonamides is 1. The van der Waals surface area contributed by atoms with Crippen molar-refractivity contribution in [2.24, 2.45) is 0 Å². The molecule has 4 rings (SSSR count). The van der Waals surface area contributed by atoms with E-state index < -0.39 is 16.1 Å². The number of likely N-dealkylation sites (N-methyl/N-ethyl adjacent to an activating group) is 1. The minimum absolute atomic E-state index is 0.220. The van der Waals surface area contributed by atoms with E-state index >= 15 is 0 Å². The highest BCUT2D eigenvalue weighted by Gasteiger charge is 2.31. The first-order valence-electron chi connectivity index (χ1n) is 11.6. The van der Waals surface area contributed by atoms with Crippen molar-refractivity contribution < 1.29 is 8.42 Å². The second kappa shape index (κ2) is 10.6. The Hall–Kier alpha value is -2.51. The maximum Gasteiger partial charge on any atom is 0.241 e. The molecule has 0 aromatic heterocycles. The molecule has 3 aromatic rings. The predicted molar refractivity (Wildman–Crippen MR) is 134 cm³/mol. The van der Waals surface area contributed by atoms with Crippen LogP contribution < -0.4 is 10.0 Å². The lowest BCUT2D eigenvalue weighted by Crippen LogP contribution is -2.43. The molecule has 174 valence electrons. The Balaban J connectivity index is 1.69. The molecule has 1 saturated heterocycles. The standard InChI is InChI=1S/C27H33N3O2S/c1-21-15-17-25(18-16-21)33(31,32)29-27(23-12-7-4-8-13-23)26(22-10-5-3-6-11-22)28-20-24-14-9-19-30(24)2/h3-8,10-13,15-18,24,26-29H,9,14,19-20H2,1-2H3/t24-,26+,27+/m0/s1. The molecule has 1 aliphatic rings. The second-order valence-corrected chi connectivity index (χ2v) is 10.6. The van der Waals surface area contributed by atoms with E-state index in [1.54, 1.807) is 12.1 Å². The van der Waals surface area contributed by atoms with Gasteiger partial charge in [0.2, 0.25) is 10.0 Å². The Morgan fingerprint density at radius 3 is 2.00 bits per heavy atom. The summed E-state index contributed by atoms with van der Waals surface area (Å²) in [5.74, 6) is 0. The average molecular weight is 464 g/mol. The first kappa shape index (κ1) is 23.6. The normalized spacial score (nSPS) is 18.8. The molecule has 0 unspecified atom stereocenters. The van der Waals surface area contributed by atoms with Crippen LogP contribution in [0.1, 0.15) is 41.6 Å². The highest BCUT2D eigenvalue weighted by molar-refractivity contribution is 7.89. The number of benzene rings is 3. The molecule has 0 aliphatic carbocycles. The molecule has 5 nitrogen and oxygen atoms in total. The van der Waals surface area contributed by atoms with Gasteiger partial charge < -0.3 is 10.2 Å². The smallest absolute Gasteiger partial charge is 0.241 e. The molecule has 0 amide bonds. The first-order chi connectivity index (χ1) is 15.9. The first-order valence-corrected chi connectivity index (χ1v) is 13.0. The minimum Gasteiger partial charge on any atom is -0.307 e. The largest absolute Gasteiger partial charge is 0.307 e. The number of aryl methyl sites for hydroxylation is 1. The zero-order valence-electron chi connectivity index (χ0n) is 19.3. The van der Waals surface area contributed by atoms with E-state index in [-0.39, 0.29) is 10.9 Å². The van der Waals surface area contributed by atoms with Crippen LogP contribution in [0.5, 0.6) is 0 Å². The number of hydrogen-bond donors (Lipinski definition) is 2. The van der Waals surface area contributed by atoms with Gasteiger partial charge in [0.25, 0.3) is 0 Å². The van der Waals surface area contributed by atoms with Crippen LogP contribution in [0, 0.1) is 6.92 Å². The maximum absolute atomic E-state index is 13.4. The number of rotatable bonds is 9. The van der Waals surface area contributed by atoms with E-state index in [9.17, 15) is 8.42 Å². The van der Waals surface area contributed by atoms with E-state index in [1.165, 1.54) is 6.42 Å². The summed E-state index contributed by atoms with van der Waals surface area (Å²) in [5, 5.41) is 3.72. The third-order valence-corrected chi connectivity index (χ3v) is 7.97. The van der Waals surface area contributed by atoms with Crippen molar-refractivity contribution in [3.8, 4) is 0 Å². The zero-order valence-corrected chi connectivity index (χ0v) is 20.1. The molecule has 3 atom stereocenters. The monoisotopic (exact) mass is 463 g/mol. The number of hydrogen-bond acceptors (Lipinski definition) is 4. The third kappa shape index (κ3) is 5.89. The molecule has 0 radical (unpaired) electrons. The van der Waals surface area contributed by atoms with Crippen molar-refractivity contribution in [1.82, 2.24) is 14.9 Å². The molecule has 1 aliphatic heterocycles. The molecule has 0 spiro atoms. The van der Waals surface area contributed by atoms with E-state index in [0.717, 1.165) is 36.2 Å². The topological polar surface area (TPSA) is 61.4 Å². The molecule has 33 heavy (non-hydrogen) atoms. The molecular weight excluding hydrogens is 430 g/mol. The van der Waals surface area contributed by atoms with Gasteiger partial charge in [-0.2, -0.15) is 0 Å². The van der Waals surface area contributed by atoms with E-state index in [1.807, 2.05) is 67.6 Å². The summed E-state index contributed by atoms with van der Waals surface area (Å²) < 4.78 is 29.9. The van der Waals surface area contributed by atoms with Crippen LogP contribution in [0.25, 0.3) is 0 Å². The average Bonchev–Trinajstić information content (AvgIpc) is 3.24. The maximum atomic E-state index is 13.4. The summed E-state index contributed by atoms with van der Waals surface area (Å²) in [5.41, 5.74) is 3.01. The van der Waals surface area contributed by atoms with Gasteiger partial charge in [-0.05, 0) is 56.6 Å².